The molecule has 82 valence electrons. The minimum atomic E-state index is -0.606. The molecule has 1 aromatic rings. The summed E-state index contributed by atoms with van der Waals surface area (Å²) in [6, 6.07) is 0.181. The molecule has 1 aliphatic rings. The predicted octanol–water partition coefficient (Wildman–Crippen LogP) is 1.91. The van der Waals surface area contributed by atoms with Gasteiger partial charge in [-0.2, -0.15) is 4.98 Å². The Morgan fingerprint density at radius 3 is 2.73 bits per heavy atom. The topological polar surface area (TPSA) is 61.0 Å². The Bertz CT molecular complexity index is 339. The second kappa shape index (κ2) is 4.42. The molecule has 0 atom stereocenters. The largest absolute Gasteiger partial charge is 0.460 e. The van der Waals surface area contributed by atoms with Crippen molar-refractivity contribution in [3.63, 3.8) is 0 Å². The second-order valence-electron chi connectivity index (χ2n) is 3.76. The monoisotopic (exact) mass is 211 g/mol. The summed E-state index contributed by atoms with van der Waals surface area (Å²) in [7, 11) is 0. The molecule has 0 radical (unpaired) electrons. The van der Waals surface area contributed by atoms with E-state index in [1.54, 1.807) is 0 Å². The molecule has 1 fully saturated rings. The van der Waals surface area contributed by atoms with E-state index < -0.39 is 5.82 Å². The molecule has 2 N–H and O–H groups in total. The highest BCUT2D eigenvalue weighted by atomic mass is 19.1. The minimum absolute atomic E-state index is 0.156. The van der Waals surface area contributed by atoms with Crippen LogP contribution in [-0.4, -0.2) is 16.1 Å². The van der Waals surface area contributed by atoms with Gasteiger partial charge in [0.05, 0.1) is 6.20 Å². The molecule has 0 spiro atoms. The molecule has 1 heterocycles. The maximum Gasteiger partial charge on any atom is 0.318 e. The molecular formula is C10H14FN3O. The summed E-state index contributed by atoms with van der Waals surface area (Å²) >= 11 is 0. The number of aromatic nitrogens is 2. The van der Waals surface area contributed by atoms with Crippen LogP contribution in [0.3, 0.4) is 0 Å². The van der Waals surface area contributed by atoms with Crippen LogP contribution >= 0.6 is 0 Å². The SMILES string of the molecule is Nc1nc(OC2CCCCC2)ncc1F. The smallest absolute Gasteiger partial charge is 0.318 e. The van der Waals surface area contributed by atoms with Gasteiger partial charge in [0.1, 0.15) is 6.10 Å². The van der Waals surface area contributed by atoms with E-state index in [1.807, 2.05) is 0 Å². The first-order valence-corrected chi connectivity index (χ1v) is 5.20. The number of halogens is 1. The second-order valence-corrected chi connectivity index (χ2v) is 3.76. The lowest BCUT2D eigenvalue weighted by Crippen LogP contribution is -2.21. The summed E-state index contributed by atoms with van der Waals surface area (Å²) in [5.41, 5.74) is 5.32. The molecule has 0 aliphatic heterocycles. The number of ether oxygens (including phenoxy) is 1. The number of nitrogens with zero attached hydrogens (tertiary/aromatic N) is 2. The third-order valence-electron chi connectivity index (χ3n) is 2.57. The first kappa shape index (κ1) is 10.1. The van der Waals surface area contributed by atoms with Crippen LogP contribution in [0.15, 0.2) is 6.20 Å². The van der Waals surface area contributed by atoms with Crippen LogP contribution in [0.1, 0.15) is 32.1 Å². The summed E-state index contributed by atoms with van der Waals surface area (Å²) in [6.07, 6.45) is 6.82. The van der Waals surface area contributed by atoms with Crippen LogP contribution in [-0.2, 0) is 0 Å². The van der Waals surface area contributed by atoms with E-state index in [-0.39, 0.29) is 17.9 Å². The molecule has 0 aromatic carbocycles. The van der Waals surface area contributed by atoms with Gasteiger partial charge in [0.15, 0.2) is 11.6 Å². The Labute approximate surface area is 87.7 Å². The van der Waals surface area contributed by atoms with Crippen molar-refractivity contribution in [2.24, 2.45) is 0 Å². The Morgan fingerprint density at radius 1 is 1.33 bits per heavy atom. The molecule has 0 saturated heterocycles. The quantitative estimate of drug-likeness (QED) is 0.811. The lowest BCUT2D eigenvalue weighted by Gasteiger charge is -2.21. The van der Waals surface area contributed by atoms with E-state index >= 15 is 0 Å². The number of nitrogens with two attached hydrogens (primary N) is 1. The van der Waals surface area contributed by atoms with Crippen LogP contribution in [0.5, 0.6) is 6.01 Å². The van der Waals surface area contributed by atoms with Crippen molar-refractivity contribution < 1.29 is 9.13 Å². The van der Waals surface area contributed by atoms with Crippen LogP contribution < -0.4 is 10.5 Å². The molecule has 4 nitrogen and oxygen atoms in total. The zero-order valence-electron chi connectivity index (χ0n) is 8.45. The maximum atomic E-state index is 12.8. The number of hydrogen-bond donors (Lipinski definition) is 1. The van der Waals surface area contributed by atoms with Gasteiger partial charge in [0, 0.05) is 0 Å². The van der Waals surface area contributed by atoms with Gasteiger partial charge < -0.3 is 10.5 Å². The fourth-order valence-electron chi connectivity index (χ4n) is 1.75. The third kappa shape index (κ3) is 2.55. The molecule has 1 saturated carbocycles. The number of hydrogen-bond acceptors (Lipinski definition) is 4. The third-order valence-corrected chi connectivity index (χ3v) is 2.57. The first-order valence-electron chi connectivity index (χ1n) is 5.20. The fourth-order valence-corrected chi connectivity index (χ4v) is 1.75. The number of rotatable bonds is 2. The molecule has 1 aromatic heterocycles. The highest BCUT2D eigenvalue weighted by Crippen LogP contribution is 2.21. The van der Waals surface area contributed by atoms with Crippen molar-refractivity contribution in [3.8, 4) is 6.01 Å². The summed E-state index contributed by atoms with van der Waals surface area (Å²) in [5, 5.41) is 0. The summed E-state index contributed by atoms with van der Waals surface area (Å²) < 4.78 is 18.3. The van der Waals surface area contributed by atoms with E-state index in [4.69, 9.17) is 10.5 Å². The lowest BCUT2D eigenvalue weighted by atomic mass is 9.98. The van der Waals surface area contributed by atoms with Crippen molar-refractivity contribution >= 4 is 5.82 Å². The average molecular weight is 211 g/mol. The Hall–Kier alpha value is -1.39. The highest BCUT2D eigenvalue weighted by molar-refractivity contribution is 5.29. The van der Waals surface area contributed by atoms with E-state index in [0.717, 1.165) is 19.0 Å². The lowest BCUT2D eigenvalue weighted by molar-refractivity contribution is 0.141. The van der Waals surface area contributed by atoms with Gasteiger partial charge in [-0.05, 0) is 25.7 Å². The van der Waals surface area contributed by atoms with Crippen molar-refractivity contribution in [2.45, 2.75) is 38.2 Å². The standard InChI is InChI=1S/C10H14FN3O/c11-8-6-13-10(14-9(8)12)15-7-4-2-1-3-5-7/h6-7H,1-5H2,(H2,12,13,14). The van der Waals surface area contributed by atoms with Gasteiger partial charge >= 0.3 is 6.01 Å². The molecule has 5 heteroatoms. The van der Waals surface area contributed by atoms with Crippen molar-refractivity contribution in [1.82, 2.24) is 9.97 Å². The average Bonchev–Trinajstić information content (AvgIpc) is 2.25. The normalized spacial score (nSPS) is 17.7. The number of anilines is 1. The zero-order chi connectivity index (χ0) is 10.7. The van der Waals surface area contributed by atoms with Gasteiger partial charge in [0.2, 0.25) is 0 Å². The molecule has 0 bridgehead atoms. The molecule has 1 aliphatic carbocycles. The van der Waals surface area contributed by atoms with Gasteiger partial charge in [0.25, 0.3) is 0 Å². The van der Waals surface area contributed by atoms with Gasteiger partial charge in [-0.15, -0.1) is 0 Å². The molecule has 15 heavy (non-hydrogen) atoms. The Kier molecular flexibility index (Phi) is 2.99. The van der Waals surface area contributed by atoms with E-state index in [0.29, 0.717) is 0 Å². The fraction of sp³-hybridized carbons (Fsp3) is 0.600. The first-order chi connectivity index (χ1) is 7.25. The highest BCUT2D eigenvalue weighted by Gasteiger charge is 2.16. The van der Waals surface area contributed by atoms with Crippen molar-refractivity contribution in [2.75, 3.05) is 5.73 Å². The van der Waals surface area contributed by atoms with Crippen molar-refractivity contribution in [1.29, 1.82) is 0 Å². The molecule has 2 rings (SSSR count). The number of nitrogen functional groups attached to an aromatic ring is 1. The summed E-state index contributed by atoms with van der Waals surface area (Å²) in [5.74, 6) is -0.762. The van der Waals surface area contributed by atoms with Gasteiger partial charge in [-0.1, -0.05) is 6.42 Å². The van der Waals surface area contributed by atoms with Gasteiger partial charge in [-0.25, -0.2) is 9.37 Å². The zero-order valence-corrected chi connectivity index (χ0v) is 8.45. The van der Waals surface area contributed by atoms with Crippen LogP contribution in [0.4, 0.5) is 10.2 Å². The van der Waals surface area contributed by atoms with Crippen LogP contribution in [0.2, 0.25) is 0 Å². The maximum absolute atomic E-state index is 12.8. The van der Waals surface area contributed by atoms with E-state index in [1.165, 1.54) is 19.3 Å². The summed E-state index contributed by atoms with van der Waals surface area (Å²) in [6.45, 7) is 0. The summed E-state index contributed by atoms with van der Waals surface area (Å²) in [4.78, 5) is 7.48. The van der Waals surface area contributed by atoms with Crippen LogP contribution in [0, 0.1) is 5.82 Å². The molecule has 0 unspecified atom stereocenters. The van der Waals surface area contributed by atoms with Crippen molar-refractivity contribution in [3.05, 3.63) is 12.0 Å². The van der Waals surface area contributed by atoms with Crippen LogP contribution in [0.25, 0.3) is 0 Å². The minimum Gasteiger partial charge on any atom is -0.460 e. The molecule has 0 amide bonds. The Balaban J connectivity index is 2.00. The van der Waals surface area contributed by atoms with E-state index in [2.05, 4.69) is 9.97 Å². The molecular weight excluding hydrogens is 197 g/mol. The van der Waals surface area contributed by atoms with Gasteiger partial charge in [-0.3, -0.25) is 0 Å². The predicted molar refractivity (Wildman–Crippen MR) is 53.9 cm³/mol. The van der Waals surface area contributed by atoms with E-state index in [9.17, 15) is 4.39 Å². The Morgan fingerprint density at radius 2 is 2.07 bits per heavy atom.